The van der Waals surface area contributed by atoms with E-state index in [0.717, 1.165) is 39.3 Å². The van der Waals surface area contributed by atoms with Gasteiger partial charge in [0.05, 0.1) is 16.5 Å². The number of aromatic nitrogens is 3. The highest BCUT2D eigenvalue weighted by Crippen LogP contribution is 2.27. The number of benzene rings is 1. The quantitative estimate of drug-likeness (QED) is 0.758. The van der Waals surface area contributed by atoms with Crippen molar-refractivity contribution in [2.45, 2.75) is 6.54 Å². The molecule has 4 rings (SSSR count). The van der Waals surface area contributed by atoms with Crippen molar-refractivity contribution in [3.63, 3.8) is 0 Å². The molecule has 0 saturated carbocycles. The van der Waals surface area contributed by atoms with Crippen LogP contribution in [0.1, 0.15) is 11.1 Å². The first-order chi connectivity index (χ1) is 9.79. The van der Waals surface area contributed by atoms with Crippen LogP contribution >= 0.6 is 15.9 Å². The van der Waals surface area contributed by atoms with Gasteiger partial charge in [-0.1, -0.05) is 6.07 Å². The fraction of sp³-hybridized carbons (Fsp3) is 0.0714. The molecule has 0 saturated heterocycles. The van der Waals surface area contributed by atoms with E-state index in [9.17, 15) is 0 Å². The molecule has 0 spiro atoms. The van der Waals surface area contributed by atoms with Crippen molar-refractivity contribution in [2.75, 3.05) is 5.32 Å². The molecule has 1 aromatic carbocycles. The van der Waals surface area contributed by atoms with E-state index in [1.165, 1.54) is 5.56 Å². The van der Waals surface area contributed by atoms with E-state index in [-0.39, 0.29) is 0 Å². The molecular formula is C14H10BrN5. The summed E-state index contributed by atoms with van der Waals surface area (Å²) in [5.41, 5.74) is 4.22. The van der Waals surface area contributed by atoms with Gasteiger partial charge >= 0.3 is 0 Å². The van der Waals surface area contributed by atoms with Crippen LogP contribution in [0.15, 0.2) is 40.2 Å². The minimum atomic E-state index is 0.776. The summed E-state index contributed by atoms with van der Waals surface area (Å²) in [5, 5.41) is 4.29. The second kappa shape index (κ2) is 4.42. The van der Waals surface area contributed by atoms with Gasteiger partial charge < -0.3 is 10.3 Å². The Morgan fingerprint density at radius 2 is 2.15 bits per heavy atom. The molecular weight excluding hydrogens is 318 g/mol. The summed E-state index contributed by atoms with van der Waals surface area (Å²) >= 11 is 3.42. The molecule has 1 aliphatic heterocycles. The van der Waals surface area contributed by atoms with Gasteiger partial charge in [-0.15, -0.1) is 0 Å². The molecule has 0 bridgehead atoms. The first-order valence-corrected chi connectivity index (χ1v) is 6.98. The van der Waals surface area contributed by atoms with Gasteiger partial charge in [-0.25, -0.2) is 9.97 Å². The molecule has 0 unspecified atom stereocenters. The number of nitrogens with one attached hydrogen (secondary N) is 2. The highest BCUT2D eigenvalue weighted by atomic mass is 79.9. The Hall–Kier alpha value is -2.21. The Labute approximate surface area is 123 Å². The van der Waals surface area contributed by atoms with Crippen molar-refractivity contribution in [3.05, 3.63) is 46.3 Å². The molecule has 0 amide bonds. The van der Waals surface area contributed by atoms with Crippen molar-refractivity contribution in [3.8, 4) is 0 Å². The minimum Gasteiger partial charge on any atom is -0.340 e. The molecule has 0 radical (unpaired) electrons. The molecule has 6 heteroatoms. The van der Waals surface area contributed by atoms with E-state index in [1.807, 2.05) is 18.3 Å². The van der Waals surface area contributed by atoms with Crippen molar-refractivity contribution in [1.29, 1.82) is 0 Å². The second-order valence-corrected chi connectivity index (χ2v) is 5.46. The van der Waals surface area contributed by atoms with Crippen LogP contribution in [0.2, 0.25) is 0 Å². The van der Waals surface area contributed by atoms with E-state index in [2.05, 4.69) is 53.3 Å². The van der Waals surface area contributed by atoms with Crippen LogP contribution in [-0.2, 0) is 6.54 Å². The van der Waals surface area contributed by atoms with E-state index in [4.69, 9.17) is 0 Å². The Bertz CT molecular complexity index is 837. The van der Waals surface area contributed by atoms with Crippen LogP contribution in [0.5, 0.6) is 0 Å². The van der Waals surface area contributed by atoms with Crippen molar-refractivity contribution < 1.29 is 0 Å². The molecule has 3 aromatic rings. The summed E-state index contributed by atoms with van der Waals surface area (Å²) < 4.78 is 0.886. The Morgan fingerprint density at radius 1 is 1.20 bits per heavy atom. The first-order valence-electron chi connectivity index (χ1n) is 6.18. The number of anilines is 2. The fourth-order valence-electron chi connectivity index (χ4n) is 2.32. The molecule has 5 nitrogen and oxygen atoms in total. The Balaban J connectivity index is 1.75. The zero-order valence-electron chi connectivity index (χ0n) is 10.4. The van der Waals surface area contributed by atoms with Gasteiger partial charge in [0.1, 0.15) is 17.8 Å². The number of hydrogen-bond donors (Lipinski definition) is 2. The maximum atomic E-state index is 4.31. The number of aliphatic imine (C=N–C) groups is 1. The lowest BCUT2D eigenvalue weighted by Crippen LogP contribution is -1.96. The second-order valence-electron chi connectivity index (χ2n) is 4.61. The number of nitrogens with zero attached hydrogens (tertiary/aromatic N) is 3. The van der Waals surface area contributed by atoms with Crippen LogP contribution < -0.4 is 5.32 Å². The summed E-state index contributed by atoms with van der Waals surface area (Å²) in [6.07, 6.45) is 3.45. The molecule has 0 aliphatic carbocycles. The number of hydrogen-bond acceptors (Lipinski definition) is 4. The van der Waals surface area contributed by atoms with Crippen molar-refractivity contribution in [1.82, 2.24) is 15.0 Å². The van der Waals surface area contributed by atoms with Gasteiger partial charge in [-0.05, 0) is 45.3 Å². The smallest absolute Gasteiger partial charge is 0.143 e. The van der Waals surface area contributed by atoms with Crippen LogP contribution in [0.4, 0.5) is 11.5 Å². The molecule has 3 heterocycles. The first kappa shape index (κ1) is 11.6. The van der Waals surface area contributed by atoms with Gasteiger partial charge in [-0.2, -0.15) is 0 Å². The molecule has 0 atom stereocenters. The normalized spacial score (nSPS) is 12.8. The number of halogens is 1. The van der Waals surface area contributed by atoms with Gasteiger partial charge in [0.15, 0.2) is 0 Å². The number of aromatic amines is 1. The van der Waals surface area contributed by atoms with Crippen LogP contribution in [0.25, 0.3) is 11.0 Å². The standard InChI is InChI=1S/C14H10BrN5/c15-12-4-11-13(17-7-18-14(11)20-12)19-10-2-1-8-5-16-6-9(8)3-10/h1-4,6-7H,5H2,(H2,17,18,19,20). The predicted octanol–water partition coefficient (Wildman–Crippen LogP) is 3.40. The number of H-pyrrole nitrogens is 1. The van der Waals surface area contributed by atoms with Crippen molar-refractivity contribution in [2.24, 2.45) is 4.99 Å². The van der Waals surface area contributed by atoms with Gasteiger partial charge in [0.2, 0.25) is 0 Å². The van der Waals surface area contributed by atoms with Crippen molar-refractivity contribution >= 4 is 44.7 Å². The molecule has 98 valence electrons. The van der Waals surface area contributed by atoms with Crippen LogP contribution in [0, 0.1) is 0 Å². The summed E-state index contributed by atoms with van der Waals surface area (Å²) in [5.74, 6) is 0.784. The fourth-order valence-corrected chi connectivity index (χ4v) is 2.74. The monoisotopic (exact) mass is 327 g/mol. The molecule has 2 N–H and O–H groups in total. The summed E-state index contributed by atoms with van der Waals surface area (Å²) in [6.45, 7) is 0.776. The predicted molar refractivity (Wildman–Crippen MR) is 82.6 cm³/mol. The maximum absolute atomic E-state index is 4.31. The average Bonchev–Trinajstić information content (AvgIpc) is 3.04. The van der Waals surface area contributed by atoms with Crippen LogP contribution in [0.3, 0.4) is 0 Å². The largest absolute Gasteiger partial charge is 0.340 e. The zero-order chi connectivity index (χ0) is 13.5. The van der Waals surface area contributed by atoms with E-state index in [0.29, 0.717) is 0 Å². The third kappa shape index (κ3) is 1.89. The lowest BCUT2D eigenvalue weighted by atomic mass is 10.1. The minimum absolute atomic E-state index is 0.776. The lowest BCUT2D eigenvalue weighted by molar-refractivity contribution is 1.11. The third-order valence-electron chi connectivity index (χ3n) is 3.29. The Morgan fingerprint density at radius 3 is 3.10 bits per heavy atom. The highest BCUT2D eigenvalue weighted by Gasteiger charge is 2.10. The summed E-state index contributed by atoms with van der Waals surface area (Å²) in [7, 11) is 0. The topological polar surface area (TPSA) is 66.0 Å². The number of rotatable bonds is 2. The number of fused-ring (bicyclic) bond motifs is 2. The van der Waals surface area contributed by atoms with Gasteiger partial charge in [-0.3, -0.25) is 4.99 Å². The Kier molecular flexibility index (Phi) is 2.56. The third-order valence-corrected chi connectivity index (χ3v) is 3.72. The summed E-state index contributed by atoms with van der Waals surface area (Å²) in [4.78, 5) is 15.9. The van der Waals surface area contributed by atoms with E-state index in [1.54, 1.807) is 6.33 Å². The van der Waals surface area contributed by atoms with Gasteiger partial charge in [0, 0.05) is 11.9 Å². The molecule has 20 heavy (non-hydrogen) atoms. The van der Waals surface area contributed by atoms with Crippen LogP contribution in [-0.4, -0.2) is 21.2 Å². The average molecular weight is 328 g/mol. The lowest BCUT2D eigenvalue weighted by Gasteiger charge is -2.07. The summed E-state index contributed by atoms with van der Waals surface area (Å²) in [6, 6.07) is 8.19. The highest BCUT2D eigenvalue weighted by molar-refractivity contribution is 9.10. The molecule has 1 aliphatic rings. The SMILES string of the molecule is Brc1cc2c(Nc3ccc4c(c3)C=NC4)ncnc2[nH]1. The van der Waals surface area contributed by atoms with E-state index >= 15 is 0 Å². The van der Waals surface area contributed by atoms with Gasteiger partial charge in [0.25, 0.3) is 0 Å². The molecule has 2 aromatic heterocycles. The van der Waals surface area contributed by atoms with E-state index < -0.39 is 0 Å². The zero-order valence-corrected chi connectivity index (χ0v) is 12.0. The maximum Gasteiger partial charge on any atom is 0.143 e. The molecule has 0 fully saturated rings.